The van der Waals surface area contributed by atoms with Crippen molar-refractivity contribution in [2.24, 2.45) is 0 Å². The zero-order valence-electron chi connectivity index (χ0n) is 32.4. The van der Waals surface area contributed by atoms with Crippen LogP contribution in [0.1, 0.15) is 23.7 Å². The van der Waals surface area contributed by atoms with Crippen LogP contribution in [0, 0.1) is 0 Å². The van der Waals surface area contributed by atoms with Crippen molar-refractivity contribution in [1.82, 2.24) is 19.5 Å². The van der Waals surface area contributed by atoms with E-state index in [9.17, 15) is 0 Å². The molecule has 2 aromatic heterocycles. The third-order valence-corrected chi connectivity index (χ3v) is 12.4. The van der Waals surface area contributed by atoms with Crippen LogP contribution in [0.25, 0.3) is 78.4 Å². The summed E-state index contributed by atoms with van der Waals surface area (Å²) in [5.74, 6) is 1.93. The molecule has 0 fully saturated rings. The Morgan fingerprint density at radius 2 is 1.08 bits per heavy atom. The number of rotatable bonds is 5. The van der Waals surface area contributed by atoms with Gasteiger partial charge in [-0.2, -0.15) is 0 Å². The summed E-state index contributed by atoms with van der Waals surface area (Å²) >= 11 is 0. The van der Waals surface area contributed by atoms with Gasteiger partial charge in [0.25, 0.3) is 0 Å². The molecule has 1 aliphatic heterocycles. The minimum Gasteiger partial charge on any atom is -0.313 e. The first-order valence-corrected chi connectivity index (χ1v) is 20.2. The zero-order chi connectivity index (χ0) is 39.1. The van der Waals surface area contributed by atoms with Gasteiger partial charge in [-0.1, -0.05) is 158 Å². The lowest BCUT2D eigenvalue weighted by atomic mass is 9.73. The molecule has 8 aromatic carbocycles. The first-order chi connectivity index (χ1) is 29.1. The highest BCUT2D eigenvalue weighted by atomic mass is 15.2. The maximum Gasteiger partial charge on any atom is 0.164 e. The Labute approximate surface area is 342 Å². The Morgan fingerprint density at radius 3 is 1.81 bits per heavy atom. The molecule has 1 aliphatic carbocycles. The van der Waals surface area contributed by atoms with Gasteiger partial charge in [0.2, 0.25) is 0 Å². The van der Waals surface area contributed by atoms with Crippen molar-refractivity contribution in [3.63, 3.8) is 0 Å². The molecule has 5 nitrogen and oxygen atoms in total. The number of nitrogens with zero attached hydrogens (tertiary/aromatic N) is 5. The van der Waals surface area contributed by atoms with Gasteiger partial charge in [0, 0.05) is 55.6 Å². The second-order valence-corrected chi connectivity index (χ2v) is 15.9. The normalized spacial score (nSPS) is 15.6. The summed E-state index contributed by atoms with van der Waals surface area (Å²) in [6, 6.07) is 66.8. The Bertz CT molecular complexity index is 3260. The van der Waals surface area contributed by atoms with E-state index in [4.69, 9.17) is 15.0 Å². The topological polar surface area (TPSA) is 46.8 Å². The first-order valence-electron chi connectivity index (χ1n) is 20.2. The molecular weight excluding hydrogens is 719 g/mol. The molecule has 12 rings (SSSR count). The summed E-state index contributed by atoms with van der Waals surface area (Å²) in [5.41, 5.74) is 12.4. The van der Waals surface area contributed by atoms with E-state index in [-0.39, 0.29) is 5.41 Å². The van der Waals surface area contributed by atoms with Crippen molar-refractivity contribution in [1.29, 1.82) is 0 Å². The van der Waals surface area contributed by atoms with Gasteiger partial charge < -0.3 is 9.47 Å². The van der Waals surface area contributed by atoms with Crippen LogP contribution in [0.4, 0.5) is 11.4 Å². The van der Waals surface area contributed by atoms with Crippen molar-refractivity contribution in [2.45, 2.75) is 18.8 Å². The van der Waals surface area contributed by atoms with Crippen LogP contribution in [0.2, 0.25) is 0 Å². The summed E-state index contributed by atoms with van der Waals surface area (Å²) in [7, 11) is 0. The number of hydrogen-bond acceptors (Lipinski definition) is 4. The number of allylic oxidation sites excluding steroid dienone is 1. The molecule has 1 unspecified atom stereocenters. The summed E-state index contributed by atoms with van der Waals surface area (Å²) in [6.45, 7) is 2.43. The van der Waals surface area contributed by atoms with Gasteiger partial charge in [0.15, 0.2) is 17.5 Å². The van der Waals surface area contributed by atoms with Crippen LogP contribution in [0.15, 0.2) is 194 Å². The monoisotopic (exact) mass is 755 g/mol. The molecule has 5 heteroatoms. The van der Waals surface area contributed by atoms with E-state index in [1.807, 2.05) is 36.4 Å². The van der Waals surface area contributed by atoms with Crippen LogP contribution in [-0.2, 0) is 11.8 Å². The molecule has 59 heavy (non-hydrogen) atoms. The molecule has 0 saturated heterocycles. The number of fused-ring (bicyclic) bond motifs is 9. The van der Waals surface area contributed by atoms with E-state index in [0.717, 1.165) is 45.3 Å². The fourth-order valence-electron chi connectivity index (χ4n) is 9.67. The number of anilines is 2. The van der Waals surface area contributed by atoms with E-state index >= 15 is 0 Å². The molecular formula is C54H37N5. The fraction of sp³-hybridized carbons (Fsp3) is 0.0556. The van der Waals surface area contributed by atoms with Crippen LogP contribution < -0.4 is 4.90 Å². The molecule has 0 N–H and O–H groups in total. The molecule has 0 amide bonds. The van der Waals surface area contributed by atoms with Crippen molar-refractivity contribution >= 4 is 49.9 Å². The number of para-hydroxylation sites is 2. The van der Waals surface area contributed by atoms with E-state index in [0.29, 0.717) is 17.5 Å². The lowest BCUT2D eigenvalue weighted by Gasteiger charge is -2.34. The van der Waals surface area contributed by atoms with Crippen molar-refractivity contribution in [3.8, 4) is 39.9 Å². The van der Waals surface area contributed by atoms with Crippen LogP contribution in [0.3, 0.4) is 0 Å². The molecule has 10 aromatic rings. The van der Waals surface area contributed by atoms with E-state index < -0.39 is 0 Å². The van der Waals surface area contributed by atoms with E-state index in [2.05, 4.69) is 174 Å². The lowest BCUT2D eigenvalue weighted by Crippen LogP contribution is -2.31. The Hall–Kier alpha value is -7.63. The van der Waals surface area contributed by atoms with Crippen LogP contribution in [0.5, 0.6) is 0 Å². The molecule has 2 aliphatic rings. The van der Waals surface area contributed by atoms with Gasteiger partial charge in [-0.15, -0.1) is 0 Å². The molecule has 278 valence electrons. The zero-order valence-corrected chi connectivity index (χ0v) is 32.4. The standard InChI is InChI=1S/C54H37N5/c1-54-34-45-43-30-29-35-17-11-14-26-42(35)50(43)59(39-23-9-4-10-24-39)48(45)33-49(54)58(47-28-16-15-27-46(47)54)40-31-38-22-12-13-25-41(38)44(32-40)53-56-51(36-18-5-2-6-19-36)55-52(57-53)37-20-7-3-8-21-37/h2-33H,34H2,1H3. The number of benzene rings is 8. The highest BCUT2D eigenvalue weighted by Gasteiger charge is 2.47. The minimum atomic E-state index is -0.287. The highest BCUT2D eigenvalue weighted by Crippen LogP contribution is 2.57. The average molecular weight is 756 g/mol. The molecule has 0 spiro atoms. The van der Waals surface area contributed by atoms with Gasteiger partial charge >= 0.3 is 0 Å². The molecule has 0 bridgehead atoms. The predicted octanol–water partition coefficient (Wildman–Crippen LogP) is 13.1. The van der Waals surface area contributed by atoms with Gasteiger partial charge in [-0.25, -0.2) is 15.0 Å². The average Bonchev–Trinajstić information content (AvgIpc) is 3.76. The lowest BCUT2D eigenvalue weighted by molar-refractivity contribution is 0.567. The van der Waals surface area contributed by atoms with Gasteiger partial charge in [0.05, 0.1) is 11.2 Å². The maximum atomic E-state index is 5.22. The Morgan fingerprint density at radius 1 is 0.492 bits per heavy atom. The van der Waals surface area contributed by atoms with Crippen LogP contribution >= 0.6 is 0 Å². The number of hydrogen-bond donors (Lipinski definition) is 0. The predicted molar refractivity (Wildman–Crippen MR) is 242 cm³/mol. The Balaban J connectivity index is 1.12. The van der Waals surface area contributed by atoms with Crippen molar-refractivity contribution in [3.05, 3.63) is 211 Å². The summed E-state index contributed by atoms with van der Waals surface area (Å²) < 4.78 is 2.49. The summed E-state index contributed by atoms with van der Waals surface area (Å²) in [4.78, 5) is 18.0. The minimum absolute atomic E-state index is 0.287. The summed E-state index contributed by atoms with van der Waals surface area (Å²) in [5, 5.41) is 6.02. The third kappa shape index (κ3) is 5.14. The molecule has 1 atom stereocenters. The quantitative estimate of drug-likeness (QED) is 0.175. The number of aromatic nitrogens is 4. The smallest absolute Gasteiger partial charge is 0.164 e. The van der Waals surface area contributed by atoms with Gasteiger partial charge in [0.1, 0.15) is 0 Å². The third-order valence-electron chi connectivity index (χ3n) is 12.4. The fourth-order valence-corrected chi connectivity index (χ4v) is 9.67. The Kier molecular flexibility index (Phi) is 7.35. The largest absolute Gasteiger partial charge is 0.313 e. The maximum absolute atomic E-state index is 5.22. The van der Waals surface area contributed by atoms with E-state index in [1.54, 1.807) is 0 Å². The van der Waals surface area contributed by atoms with Crippen molar-refractivity contribution in [2.75, 3.05) is 4.90 Å². The highest BCUT2D eigenvalue weighted by molar-refractivity contribution is 6.10. The van der Waals surface area contributed by atoms with E-state index in [1.165, 1.54) is 49.9 Å². The van der Waals surface area contributed by atoms with Crippen molar-refractivity contribution < 1.29 is 0 Å². The second-order valence-electron chi connectivity index (χ2n) is 15.9. The first kappa shape index (κ1) is 33.5. The van der Waals surface area contributed by atoms with Gasteiger partial charge in [-0.05, 0) is 77.0 Å². The molecule has 0 radical (unpaired) electrons. The van der Waals surface area contributed by atoms with Crippen LogP contribution in [-0.4, -0.2) is 19.5 Å². The van der Waals surface area contributed by atoms with Gasteiger partial charge in [-0.3, -0.25) is 0 Å². The summed E-state index contributed by atoms with van der Waals surface area (Å²) in [6.07, 6.45) is 3.34. The second kappa shape index (κ2) is 12.9. The molecule has 3 heterocycles. The SMILES string of the molecule is CC12Cc3c(n(-c4ccccc4)c4c3ccc3ccccc34)C=C1N(c1cc(-c3nc(-c4ccccc4)nc(-c4ccccc4)n3)c3ccccc3c1)c1ccccc12. The molecule has 0 saturated carbocycles.